The molecule has 1 rings (SSSR count). The van der Waals surface area contributed by atoms with E-state index in [-0.39, 0.29) is 12.6 Å². The SMILES string of the molecule is CC.CCCCC(C)CCN(C=O)C1=CC(=O)OC1. The van der Waals surface area contributed by atoms with E-state index in [1.807, 2.05) is 13.8 Å². The van der Waals surface area contributed by atoms with E-state index in [0.29, 0.717) is 18.2 Å². The van der Waals surface area contributed by atoms with E-state index in [1.54, 1.807) is 4.90 Å². The molecule has 0 fully saturated rings. The molecule has 110 valence electrons. The zero-order valence-electron chi connectivity index (χ0n) is 12.6. The molecule has 0 saturated heterocycles. The minimum Gasteiger partial charge on any atom is -0.456 e. The van der Waals surface area contributed by atoms with Gasteiger partial charge in [-0.15, -0.1) is 0 Å². The van der Waals surface area contributed by atoms with Crippen LogP contribution in [0.4, 0.5) is 0 Å². The normalized spacial score (nSPS) is 14.9. The number of cyclic esters (lactones) is 1. The summed E-state index contributed by atoms with van der Waals surface area (Å²) in [5.41, 5.74) is 0.674. The van der Waals surface area contributed by atoms with Crippen LogP contribution in [0.2, 0.25) is 0 Å². The van der Waals surface area contributed by atoms with E-state index in [4.69, 9.17) is 4.74 Å². The third kappa shape index (κ3) is 6.99. The molecule has 1 atom stereocenters. The number of carbonyl (C=O) groups excluding carboxylic acids is 2. The van der Waals surface area contributed by atoms with E-state index in [2.05, 4.69) is 13.8 Å². The smallest absolute Gasteiger partial charge is 0.333 e. The van der Waals surface area contributed by atoms with Crippen LogP contribution in [0.25, 0.3) is 0 Å². The van der Waals surface area contributed by atoms with Gasteiger partial charge in [0.15, 0.2) is 0 Å². The Balaban J connectivity index is 0.00000154. The first kappa shape index (κ1) is 17.7. The Morgan fingerprint density at radius 3 is 2.58 bits per heavy atom. The molecule has 0 bridgehead atoms. The molecule has 1 heterocycles. The number of unbranched alkanes of at least 4 members (excludes halogenated alkanes) is 1. The van der Waals surface area contributed by atoms with Crippen molar-refractivity contribution in [2.24, 2.45) is 5.92 Å². The van der Waals surface area contributed by atoms with Crippen LogP contribution in [-0.2, 0) is 14.3 Å². The number of rotatable bonds is 8. The van der Waals surface area contributed by atoms with E-state index in [0.717, 1.165) is 12.8 Å². The Kier molecular flexibility index (Phi) is 9.85. The number of esters is 1. The molecule has 19 heavy (non-hydrogen) atoms. The second-order valence-electron chi connectivity index (χ2n) is 4.58. The van der Waals surface area contributed by atoms with Crippen LogP contribution in [0.5, 0.6) is 0 Å². The summed E-state index contributed by atoms with van der Waals surface area (Å²) in [6.07, 6.45) is 6.76. The van der Waals surface area contributed by atoms with Crippen molar-refractivity contribution in [3.63, 3.8) is 0 Å². The quantitative estimate of drug-likeness (QED) is 0.502. The molecular formula is C15H27NO3. The van der Waals surface area contributed by atoms with E-state index in [1.165, 1.54) is 25.3 Å². The zero-order chi connectivity index (χ0) is 14.7. The number of hydrogen-bond donors (Lipinski definition) is 0. The van der Waals surface area contributed by atoms with Crippen molar-refractivity contribution in [3.8, 4) is 0 Å². The molecule has 0 aromatic carbocycles. The molecule has 0 aliphatic carbocycles. The Morgan fingerprint density at radius 1 is 1.42 bits per heavy atom. The molecule has 1 aliphatic heterocycles. The fourth-order valence-electron chi connectivity index (χ4n) is 1.85. The molecule has 0 spiro atoms. The van der Waals surface area contributed by atoms with Crippen LogP contribution >= 0.6 is 0 Å². The first-order valence-electron chi connectivity index (χ1n) is 7.26. The van der Waals surface area contributed by atoms with Gasteiger partial charge in [0.1, 0.15) is 6.61 Å². The molecule has 1 aliphatic rings. The minimum atomic E-state index is -0.356. The second-order valence-corrected chi connectivity index (χ2v) is 4.58. The second kappa shape index (κ2) is 10.6. The van der Waals surface area contributed by atoms with E-state index in [9.17, 15) is 9.59 Å². The van der Waals surface area contributed by atoms with Crippen molar-refractivity contribution in [2.75, 3.05) is 13.2 Å². The summed E-state index contributed by atoms with van der Waals surface area (Å²) in [6, 6.07) is 0. The Labute approximate surface area is 116 Å². The summed E-state index contributed by atoms with van der Waals surface area (Å²) in [5.74, 6) is 0.252. The van der Waals surface area contributed by atoms with Crippen molar-refractivity contribution in [1.82, 2.24) is 4.90 Å². The molecule has 1 unspecified atom stereocenters. The number of carbonyl (C=O) groups is 2. The van der Waals surface area contributed by atoms with Gasteiger partial charge in [0.05, 0.1) is 5.70 Å². The maximum Gasteiger partial charge on any atom is 0.333 e. The number of hydrogen-bond acceptors (Lipinski definition) is 3. The van der Waals surface area contributed by atoms with Gasteiger partial charge in [-0.05, 0) is 12.3 Å². The fraction of sp³-hybridized carbons (Fsp3) is 0.733. The van der Waals surface area contributed by atoms with Crippen molar-refractivity contribution >= 4 is 12.4 Å². The van der Waals surface area contributed by atoms with Crippen LogP contribution in [0.3, 0.4) is 0 Å². The van der Waals surface area contributed by atoms with Crippen LogP contribution in [-0.4, -0.2) is 30.4 Å². The van der Waals surface area contributed by atoms with Gasteiger partial charge in [-0.1, -0.05) is 47.0 Å². The highest BCUT2D eigenvalue weighted by Gasteiger charge is 2.18. The average molecular weight is 269 g/mol. The Morgan fingerprint density at radius 2 is 2.11 bits per heavy atom. The summed E-state index contributed by atoms with van der Waals surface area (Å²) in [7, 11) is 0. The molecule has 1 amide bonds. The predicted octanol–water partition coefficient (Wildman–Crippen LogP) is 3.13. The highest BCUT2D eigenvalue weighted by Crippen LogP contribution is 2.15. The molecule has 4 heteroatoms. The lowest BCUT2D eigenvalue weighted by Gasteiger charge is -2.19. The van der Waals surface area contributed by atoms with Gasteiger partial charge < -0.3 is 9.64 Å². The predicted molar refractivity (Wildman–Crippen MR) is 76.5 cm³/mol. The maximum absolute atomic E-state index is 10.9. The molecule has 0 saturated carbocycles. The van der Waals surface area contributed by atoms with Crippen LogP contribution in [0.1, 0.15) is 53.4 Å². The van der Waals surface area contributed by atoms with E-state index < -0.39 is 0 Å². The lowest BCUT2D eigenvalue weighted by molar-refractivity contribution is -0.135. The third-order valence-electron chi connectivity index (χ3n) is 3.06. The monoisotopic (exact) mass is 269 g/mol. The van der Waals surface area contributed by atoms with Crippen molar-refractivity contribution < 1.29 is 14.3 Å². The highest BCUT2D eigenvalue weighted by molar-refractivity contribution is 5.85. The molecular weight excluding hydrogens is 242 g/mol. The molecule has 0 aromatic rings. The number of ether oxygens (including phenoxy) is 1. The lowest BCUT2D eigenvalue weighted by Crippen LogP contribution is -2.24. The van der Waals surface area contributed by atoms with E-state index >= 15 is 0 Å². The molecule has 0 radical (unpaired) electrons. The fourth-order valence-corrected chi connectivity index (χ4v) is 1.85. The van der Waals surface area contributed by atoms with Gasteiger partial charge in [0, 0.05) is 12.6 Å². The minimum absolute atomic E-state index is 0.223. The Bertz CT molecular complexity index is 300. The van der Waals surface area contributed by atoms with Gasteiger partial charge in [-0.25, -0.2) is 4.79 Å². The van der Waals surface area contributed by atoms with Crippen molar-refractivity contribution in [3.05, 3.63) is 11.8 Å². The zero-order valence-corrected chi connectivity index (χ0v) is 12.6. The number of nitrogens with zero attached hydrogens (tertiary/aromatic N) is 1. The molecule has 0 N–H and O–H groups in total. The van der Waals surface area contributed by atoms with Crippen LogP contribution in [0, 0.1) is 5.92 Å². The summed E-state index contributed by atoms with van der Waals surface area (Å²) < 4.78 is 4.79. The summed E-state index contributed by atoms with van der Waals surface area (Å²) in [5, 5.41) is 0. The summed E-state index contributed by atoms with van der Waals surface area (Å²) in [4.78, 5) is 23.4. The third-order valence-corrected chi connectivity index (χ3v) is 3.06. The van der Waals surface area contributed by atoms with Crippen LogP contribution in [0.15, 0.2) is 11.8 Å². The summed E-state index contributed by atoms with van der Waals surface area (Å²) >= 11 is 0. The first-order chi connectivity index (χ1) is 9.17. The maximum atomic E-state index is 10.9. The highest BCUT2D eigenvalue weighted by atomic mass is 16.5. The van der Waals surface area contributed by atoms with Crippen molar-refractivity contribution in [2.45, 2.75) is 53.4 Å². The topological polar surface area (TPSA) is 46.6 Å². The Hall–Kier alpha value is -1.32. The lowest BCUT2D eigenvalue weighted by atomic mass is 10.0. The van der Waals surface area contributed by atoms with Gasteiger partial charge in [0.2, 0.25) is 6.41 Å². The molecule has 0 aromatic heterocycles. The number of amides is 1. The first-order valence-corrected chi connectivity index (χ1v) is 7.26. The van der Waals surface area contributed by atoms with Crippen LogP contribution < -0.4 is 0 Å². The van der Waals surface area contributed by atoms with Gasteiger partial charge in [-0.2, -0.15) is 0 Å². The summed E-state index contributed by atoms with van der Waals surface area (Å²) in [6.45, 7) is 9.26. The largest absolute Gasteiger partial charge is 0.456 e. The van der Waals surface area contributed by atoms with Crippen molar-refractivity contribution in [1.29, 1.82) is 0 Å². The van der Waals surface area contributed by atoms with Gasteiger partial charge in [-0.3, -0.25) is 4.79 Å². The average Bonchev–Trinajstić information content (AvgIpc) is 2.86. The molecule has 4 nitrogen and oxygen atoms in total. The standard InChI is InChI=1S/C13H21NO3.C2H6/c1-3-4-5-11(2)6-7-14(10-15)12-8-13(16)17-9-12;1-2/h8,10-11H,3-7,9H2,1-2H3;1-2H3. The van der Waals surface area contributed by atoms with Gasteiger partial charge in [0.25, 0.3) is 0 Å². The van der Waals surface area contributed by atoms with Gasteiger partial charge >= 0.3 is 5.97 Å².